The van der Waals surface area contributed by atoms with E-state index in [9.17, 15) is 9.18 Å². The molecule has 1 heterocycles. The molecule has 1 aromatic carbocycles. The summed E-state index contributed by atoms with van der Waals surface area (Å²) in [6.45, 7) is 3.38. The summed E-state index contributed by atoms with van der Waals surface area (Å²) in [4.78, 5) is 17.8. The molecule has 0 amide bonds. The third-order valence-electron chi connectivity index (χ3n) is 2.47. The lowest BCUT2D eigenvalue weighted by Crippen LogP contribution is -2.15. The summed E-state index contributed by atoms with van der Waals surface area (Å²) in [6, 6.07) is 5.59. The van der Waals surface area contributed by atoms with Gasteiger partial charge in [-0.05, 0) is 37.6 Å². The molecule has 2 rings (SSSR count). The molecule has 0 radical (unpaired) electrons. The van der Waals surface area contributed by atoms with Crippen LogP contribution in [0.3, 0.4) is 0 Å². The SMILES string of the molecule is Cc1cc(Br)ccc1-c1nc(C)c(F)c(=O)[nH]1. The minimum atomic E-state index is -0.830. The van der Waals surface area contributed by atoms with Gasteiger partial charge in [0.2, 0.25) is 5.82 Å². The second-order valence-corrected chi connectivity index (χ2v) is 4.69. The second kappa shape index (κ2) is 4.41. The van der Waals surface area contributed by atoms with E-state index in [0.29, 0.717) is 5.82 Å². The maximum absolute atomic E-state index is 13.2. The third-order valence-corrected chi connectivity index (χ3v) is 2.97. The molecule has 0 bridgehead atoms. The Balaban J connectivity index is 2.65. The van der Waals surface area contributed by atoms with Crippen LogP contribution in [-0.2, 0) is 0 Å². The molecule has 17 heavy (non-hydrogen) atoms. The molecule has 0 aliphatic heterocycles. The quantitative estimate of drug-likeness (QED) is 0.879. The number of rotatable bonds is 1. The van der Waals surface area contributed by atoms with E-state index in [-0.39, 0.29) is 5.69 Å². The fourth-order valence-corrected chi connectivity index (χ4v) is 2.07. The lowest BCUT2D eigenvalue weighted by atomic mass is 10.1. The van der Waals surface area contributed by atoms with Crippen LogP contribution in [0.25, 0.3) is 11.4 Å². The molecular formula is C12H10BrFN2O. The average Bonchev–Trinajstić information content (AvgIpc) is 2.25. The van der Waals surface area contributed by atoms with Crippen LogP contribution in [0.2, 0.25) is 0 Å². The van der Waals surface area contributed by atoms with Gasteiger partial charge < -0.3 is 4.98 Å². The Hall–Kier alpha value is -1.49. The smallest absolute Gasteiger partial charge is 0.287 e. The predicted molar refractivity (Wildman–Crippen MR) is 67.4 cm³/mol. The topological polar surface area (TPSA) is 45.8 Å². The highest BCUT2D eigenvalue weighted by atomic mass is 79.9. The van der Waals surface area contributed by atoms with Gasteiger partial charge in [-0.3, -0.25) is 4.79 Å². The van der Waals surface area contributed by atoms with Crippen LogP contribution in [0.1, 0.15) is 11.3 Å². The van der Waals surface area contributed by atoms with E-state index in [0.717, 1.165) is 15.6 Å². The maximum Gasteiger partial charge on any atom is 0.287 e. The number of nitrogens with zero attached hydrogens (tertiary/aromatic N) is 1. The number of aryl methyl sites for hydroxylation is 2. The molecule has 0 spiro atoms. The molecule has 1 N–H and O–H groups in total. The summed E-state index contributed by atoms with van der Waals surface area (Å²) >= 11 is 3.36. The molecule has 0 saturated carbocycles. The van der Waals surface area contributed by atoms with E-state index in [1.807, 2.05) is 25.1 Å². The maximum atomic E-state index is 13.2. The monoisotopic (exact) mass is 296 g/mol. The lowest BCUT2D eigenvalue weighted by molar-refractivity contribution is 0.589. The van der Waals surface area contributed by atoms with Gasteiger partial charge in [0.25, 0.3) is 5.56 Å². The predicted octanol–water partition coefficient (Wildman–Crippen LogP) is 2.96. The fourth-order valence-electron chi connectivity index (χ4n) is 1.59. The number of aromatic nitrogens is 2. The number of hydrogen-bond acceptors (Lipinski definition) is 2. The molecule has 1 aromatic heterocycles. The van der Waals surface area contributed by atoms with Crippen molar-refractivity contribution in [3.05, 3.63) is 50.1 Å². The fraction of sp³-hybridized carbons (Fsp3) is 0.167. The van der Waals surface area contributed by atoms with Crippen LogP contribution in [0.4, 0.5) is 4.39 Å². The highest BCUT2D eigenvalue weighted by Gasteiger charge is 2.10. The third kappa shape index (κ3) is 2.29. The standard InChI is InChI=1S/C12H10BrFN2O/c1-6-5-8(13)3-4-9(6)11-15-7(2)10(14)12(17)16-11/h3-5H,1-2H3,(H,15,16,17). The van der Waals surface area contributed by atoms with Crippen LogP contribution < -0.4 is 5.56 Å². The number of benzene rings is 1. The van der Waals surface area contributed by atoms with E-state index in [2.05, 4.69) is 25.9 Å². The summed E-state index contributed by atoms with van der Waals surface area (Å²) in [7, 11) is 0. The van der Waals surface area contributed by atoms with E-state index in [1.54, 1.807) is 0 Å². The largest absolute Gasteiger partial charge is 0.304 e. The number of H-pyrrole nitrogens is 1. The van der Waals surface area contributed by atoms with Crippen LogP contribution in [-0.4, -0.2) is 9.97 Å². The summed E-state index contributed by atoms with van der Waals surface area (Å²) in [5.74, 6) is -0.442. The molecule has 0 saturated heterocycles. The van der Waals surface area contributed by atoms with Gasteiger partial charge in [0, 0.05) is 10.0 Å². The Morgan fingerprint density at radius 1 is 1.35 bits per heavy atom. The van der Waals surface area contributed by atoms with Gasteiger partial charge in [-0.1, -0.05) is 15.9 Å². The molecular weight excluding hydrogens is 287 g/mol. The highest BCUT2D eigenvalue weighted by Crippen LogP contribution is 2.22. The van der Waals surface area contributed by atoms with Gasteiger partial charge in [0.15, 0.2) is 0 Å². The van der Waals surface area contributed by atoms with Crippen molar-refractivity contribution in [3.63, 3.8) is 0 Å². The Morgan fingerprint density at radius 3 is 2.65 bits per heavy atom. The first-order valence-corrected chi connectivity index (χ1v) is 5.81. The van der Waals surface area contributed by atoms with Crippen molar-refractivity contribution < 1.29 is 4.39 Å². The first-order valence-electron chi connectivity index (χ1n) is 5.02. The van der Waals surface area contributed by atoms with Crippen LogP contribution in [0.15, 0.2) is 27.5 Å². The summed E-state index contributed by atoms with van der Waals surface area (Å²) in [5, 5.41) is 0. The van der Waals surface area contributed by atoms with Crippen molar-refractivity contribution in [3.8, 4) is 11.4 Å². The molecule has 3 nitrogen and oxygen atoms in total. The van der Waals surface area contributed by atoms with Gasteiger partial charge >= 0.3 is 0 Å². The molecule has 5 heteroatoms. The van der Waals surface area contributed by atoms with Crippen molar-refractivity contribution in [2.75, 3.05) is 0 Å². The first kappa shape index (κ1) is 12.0. The molecule has 0 aliphatic carbocycles. The van der Waals surface area contributed by atoms with E-state index in [1.165, 1.54) is 6.92 Å². The lowest BCUT2D eigenvalue weighted by Gasteiger charge is -2.06. The molecule has 0 atom stereocenters. The normalized spacial score (nSPS) is 10.6. The molecule has 0 aliphatic rings. The van der Waals surface area contributed by atoms with Gasteiger partial charge in [0.05, 0.1) is 5.69 Å². The van der Waals surface area contributed by atoms with Gasteiger partial charge in [-0.15, -0.1) is 0 Å². The zero-order valence-electron chi connectivity index (χ0n) is 9.34. The van der Waals surface area contributed by atoms with Crippen LogP contribution in [0.5, 0.6) is 0 Å². The minimum absolute atomic E-state index is 0.103. The highest BCUT2D eigenvalue weighted by molar-refractivity contribution is 9.10. The summed E-state index contributed by atoms with van der Waals surface area (Å²) in [6.07, 6.45) is 0. The van der Waals surface area contributed by atoms with Crippen molar-refractivity contribution in [1.82, 2.24) is 9.97 Å². The van der Waals surface area contributed by atoms with Gasteiger partial charge in [-0.2, -0.15) is 4.39 Å². The first-order chi connectivity index (χ1) is 7.99. The van der Waals surface area contributed by atoms with Crippen molar-refractivity contribution in [2.24, 2.45) is 0 Å². The van der Waals surface area contributed by atoms with E-state index < -0.39 is 11.4 Å². The van der Waals surface area contributed by atoms with Gasteiger partial charge in [-0.25, -0.2) is 4.98 Å². The second-order valence-electron chi connectivity index (χ2n) is 3.77. The molecule has 0 unspecified atom stereocenters. The van der Waals surface area contributed by atoms with Crippen molar-refractivity contribution in [1.29, 1.82) is 0 Å². The number of aromatic amines is 1. The average molecular weight is 297 g/mol. The summed E-state index contributed by atoms with van der Waals surface area (Å²) in [5.41, 5.74) is 1.10. The zero-order valence-corrected chi connectivity index (χ0v) is 10.9. The zero-order chi connectivity index (χ0) is 12.6. The number of nitrogens with one attached hydrogen (secondary N) is 1. The van der Waals surface area contributed by atoms with E-state index >= 15 is 0 Å². The Morgan fingerprint density at radius 2 is 2.06 bits per heavy atom. The van der Waals surface area contributed by atoms with Crippen LogP contribution >= 0.6 is 15.9 Å². The molecule has 0 fully saturated rings. The van der Waals surface area contributed by atoms with Gasteiger partial charge in [0.1, 0.15) is 5.82 Å². The summed E-state index contributed by atoms with van der Waals surface area (Å²) < 4.78 is 14.1. The number of halogens is 2. The Kier molecular flexibility index (Phi) is 3.11. The van der Waals surface area contributed by atoms with Crippen molar-refractivity contribution >= 4 is 15.9 Å². The van der Waals surface area contributed by atoms with Crippen LogP contribution in [0, 0.1) is 19.7 Å². The van der Waals surface area contributed by atoms with E-state index in [4.69, 9.17) is 0 Å². The van der Waals surface area contributed by atoms with Crippen molar-refractivity contribution in [2.45, 2.75) is 13.8 Å². The minimum Gasteiger partial charge on any atom is -0.304 e. The Labute approximate surface area is 106 Å². The Bertz CT molecular complexity index is 637. The molecule has 88 valence electrons. The number of hydrogen-bond donors (Lipinski definition) is 1. The molecule has 2 aromatic rings.